The monoisotopic (exact) mass is 446 g/mol. The third-order valence-electron chi connectivity index (χ3n) is 2.55. The van der Waals surface area contributed by atoms with Crippen molar-refractivity contribution in [2.45, 2.75) is 32.7 Å². The Morgan fingerprint density at radius 3 is 2.06 bits per heavy atom. The number of carbonyl (C=O) groups is 1. The van der Waals surface area contributed by atoms with E-state index in [2.05, 4.69) is 38.3 Å². The van der Waals surface area contributed by atoms with E-state index in [9.17, 15) is 4.79 Å². The van der Waals surface area contributed by atoms with Gasteiger partial charge in [0.2, 0.25) is 0 Å². The molecule has 1 amide bonds. The minimum Gasteiger partial charge on any atom is -0.449 e. The van der Waals surface area contributed by atoms with Gasteiger partial charge in [0, 0.05) is 24.6 Å². The fraction of sp³-hybridized carbons (Fsp3) is 0.667. The molecule has 1 radical (unpaired) electrons. The van der Waals surface area contributed by atoms with Crippen LogP contribution >= 0.6 is 0 Å². The molecule has 0 saturated heterocycles. The summed E-state index contributed by atoms with van der Waals surface area (Å²) >= 11 is 0. The van der Waals surface area contributed by atoms with E-state index >= 15 is 0 Å². The number of nitrogens with one attached hydrogen (secondary N) is 2. The fourth-order valence-electron chi connectivity index (χ4n) is 1.67. The van der Waals surface area contributed by atoms with E-state index in [1.807, 2.05) is 0 Å². The first kappa shape index (κ1) is 22.7. The van der Waals surface area contributed by atoms with Crippen LogP contribution in [0.2, 0.25) is 0 Å². The number of amides is 1. The van der Waals surface area contributed by atoms with Gasteiger partial charge in [0.1, 0.15) is 0 Å². The number of carbonyl (C=O) groups excluding carboxylic acids is 1. The molecule has 3 nitrogen and oxygen atoms in total. The Labute approximate surface area is 132 Å². The van der Waals surface area contributed by atoms with Crippen molar-refractivity contribution in [2.75, 3.05) is 7.05 Å². The molecule has 5 heteroatoms. The van der Waals surface area contributed by atoms with Crippen LogP contribution in [0.3, 0.4) is 0 Å². The van der Waals surface area contributed by atoms with Crippen LogP contribution in [0.4, 0.5) is 0 Å². The van der Waals surface area contributed by atoms with Crippen molar-refractivity contribution >= 4 is 5.91 Å². The molecular weight excluding hydrogens is 423 g/mol. The van der Waals surface area contributed by atoms with Crippen molar-refractivity contribution in [1.29, 1.82) is 0 Å². The Morgan fingerprint density at radius 1 is 1.29 bits per heavy atom. The Morgan fingerprint density at radius 2 is 1.76 bits per heavy atom. The molecule has 0 heterocycles. The van der Waals surface area contributed by atoms with Crippen molar-refractivity contribution in [2.24, 2.45) is 11.8 Å². The van der Waals surface area contributed by atoms with Gasteiger partial charge in [-0.1, -0.05) is 19.8 Å². The van der Waals surface area contributed by atoms with Gasteiger partial charge in [-0.15, -0.1) is 0 Å². The topological polar surface area (TPSA) is 41.1 Å². The molecule has 0 saturated carbocycles. The van der Waals surface area contributed by atoms with E-state index < -0.39 is 0 Å². The van der Waals surface area contributed by atoms with Crippen LogP contribution in [0, 0.1) is 32.2 Å². The third-order valence-corrected chi connectivity index (χ3v) is 2.55. The van der Waals surface area contributed by atoms with Gasteiger partial charge in [-0.2, -0.15) is 12.8 Å². The van der Waals surface area contributed by atoms with Crippen LogP contribution in [0.1, 0.15) is 26.7 Å². The van der Waals surface area contributed by atoms with E-state index in [1.54, 1.807) is 7.05 Å². The van der Waals surface area contributed by atoms with Gasteiger partial charge in [0.15, 0.2) is 0 Å². The molecule has 0 spiro atoms. The molecule has 0 aliphatic rings. The first-order chi connectivity index (χ1) is 7.06. The summed E-state index contributed by atoms with van der Waals surface area (Å²) in [5.41, 5.74) is 0. The van der Waals surface area contributed by atoms with Crippen molar-refractivity contribution in [3.8, 4) is 0 Å². The number of likely N-dealkylation sites (N-methyl/N-ethyl adjacent to an activating group) is 1. The zero-order valence-electron chi connectivity index (χ0n) is 10.9. The summed E-state index contributed by atoms with van der Waals surface area (Å²) in [6.07, 6.45) is 1.60. The SMILES string of the molecule is [CH2-]CC(C[CH2-])[C@H](NC(=O)[CH-]NC)C(C)C.[V].[W+2]. The quantitative estimate of drug-likeness (QED) is 0.584. The molecule has 0 unspecified atom stereocenters. The molecule has 0 aliphatic heterocycles. The van der Waals surface area contributed by atoms with E-state index in [0.717, 1.165) is 12.8 Å². The van der Waals surface area contributed by atoms with Gasteiger partial charge in [0.25, 0.3) is 0 Å². The molecule has 0 aliphatic carbocycles. The maximum absolute atomic E-state index is 11.4. The van der Waals surface area contributed by atoms with Gasteiger partial charge in [-0.05, 0) is 13.0 Å². The second-order valence-corrected chi connectivity index (χ2v) is 4.05. The van der Waals surface area contributed by atoms with Crippen molar-refractivity contribution < 1.29 is 44.4 Å². The molecule has 17 heavy (non-hydrogen) atoms. The smallest absolute Gasteiger partial charge is 0.449 e. The molecule has 0 aromatic heterocycles. The van der Waals surface area contributed by atoms with Gasteiger partial charge < -0.3 is 29.3 Å². The standard InChI is InChI=1S/C12H23N2O.V.W/c1-6-10(7-2)12(9(3)4)14-11(15)8-13-5;;/h8-10,12-13H,1-2,6-7H2,3-5H3,(H,14,15);;/q-3;;+2/t12-;;/m1../s1. The Bertz CT molecular complexity index is 187. The van der Waals surface area contributed by atoms with Crippen LogP contribution in [0.5, 0.6) is 0 Å². The maximum Gasteiger partial charge on any atom is 2.00 e. The van der Waals surface area contributed by atoms with Crippen LogP contribution in [-0.2, 0) is 44.4 Å². The molecule has 0 bridgehead atoms. The second-order valence-electron chi connectivity index (χ2n) is 4.05. The average Bonchev–Trinajstić information content (AvgIpc) is 2.18. The summed E-state index contributed by atoms with van der Waals surface area (Å²) in [6, 6.07) is 0.150. The van der Waals surface area contributed by atoms with E-state index in [4.69, 9.17) is 0 Å². The van der Waals surface area contributed by atoms with Gasteiger partial charge >= 0.3 is 21.1 Å². The summed E-state index contributed by atoms with van der Waals surface area (Å²) in [4.78, 5) is 11.4. The molecule has 1 atom stereocenters. The predicted octanol–water partition coefficient (Wildman–Crippen LogP) is 1.57. The second kappa shape index (κ2) is 13.0. The third kappa shape index (κ3) is 9.19. The van der Waals surface area contributed by atoms with Crippen molar-refractivity contribution in [3.05, 3.63) is 20.4 Å². The minimum atomic E-state index is -0.0805. The van der Waals surface area contributed by atoms with Crippen LogP contribution in [0.15, 0.2) is 0 Å². The zero-order valence-corrected chi connectivity index (χ0v) is 15.2. The largest absolute Gasteiger partial charge is 2.00 e. The fourth-order valence-corrected chi connectivity index (χ4v) is 1.67. The molecule has 0 rings (SSSR count). The number of hydrogen-bond donors (Lipinski definition) is 2. The number of hydrogen-bond acceptors (Lipinski definition) is 2. The molecule has 0 aromatic rings. The van der Waals surface area contributed by atoms with Crippen LogP contribution < -0.4 is 10.6 Å². The normalized spacial score (nSPS) is 11.5. The molecule has 99 valence electrons. The summed E-state index contributed by atoms with van der Waals surface area (Å²) in [5, 5.41) is 5.70. The molecular formula is C12H23N2OVW-. The zero-order chi connectivity index (χ0) is 11.8. The summed E-state index contributed by atoms with van der Waals surface area (Å²) in [6.45, 7) is 13.4. The molecule has 0 fully saturated rings. The maximum atomic E-state index is 11.4. The van der Waals surface area contributed by atoms with Gasteiger partial charge in [-0.25, -0.2) is 6.54 Å². The summed E-state index contributed by atoms with van der Waals surface area (Å²) < 4.78 is 0. The van der Waals surface area contributed by atoms with E-state index in [0.29, 0.717) is 11.8 Å². The first-order valence-corrected chi connectivity index (χ1v) is 5.46. The Hall–Kier alpha value is 0.573. The summed E-state index contributed by atoms with van der Waals surface area (Å²) in [5.74, 6) is 0.662. The van der Waals surface area contributed by atoms with Crippen LogP contribution in [0.25, 0.3) is 0 Å². The Balaban J connectivity index is -0.000000980. The number of rotatable bonds is 7. The van der Waals surface area contributed by atoms with E-state index in [-0.39, 0.29) is 51.6 Å². The summed E-state index contributed by atoms with van der Waals surface area (Å²) in [7, 11) is 1.71. The molecule has 0 aromatic carbocycles. The van der Waals surface area contributed by atoms with Gasteiger partial charge in [-0.3, -0.25) is 0 Å². The van der Waals surface area contributed by atoms with Crippen molar-refractivity contribution in [1.82, 2.24) is 10.6 Å². The minimum absolute atomic E-state index is 0. The van der Waals surface area contributed by atoms with Crippen LogP contribution in [-0.4, -0.2) is 19.0 Å². The predicted molar refractivity (Wildman–Crippen MR) is 63.6 cm³/mol. The molecule has 2 N–H and O–H groups in total. The van der Waals surface area contributed by atoms with E-state index in [1.165, 1.54) is 6.54 Å². The Kier molecular flexibility index (Phi) is 17.4. The van der Waals surface area contributed by atoms with Gasteiger partial charge in [0.05, 0.1) is 5.91 Å². The average molecular weight is 446 g/mol. The van der Waals surface area contributed by atoms with Crippen molar-refractivity contribution in [3.63, 3.8) is 0 Å². The first-order valence-electron chi connectivity index (χ1n) is 5.46.